The predicted molar refractivity (Wildman–Crippen MR) is 75.7 cm³/mol. The fourth-order valence-corrected chi connectivity index (χ4v) is 2.98. The quantitative estimate of drug-likeness (QED) is 0.847. The topological polar surface area (TPSA) is 29.0 Å². The molecule has 0 unspecified atom stereocenters. The molecule has 0 bridgehead atoms. The Morgan fingerprint density at radius 2 is 2.00 bits per heavy atom. The second kappa shape index (κ2) is 5.59. The summed E-state index contributed by atoms with van der Waals surface area (Å²) in [6.07, 6.45) is 1.86. The van der Waals surface area contributed by atoms with E-state index in [9.17, 15) is 0 Å². The molecule has 96 valence electrons. The molecule has 2 heterocycles. The Labute approximate surface area is 113 Å². The molecule has 0 aliphatic rings. The number of hydrogen-bond donors (Lipinski definition) is 0. The van der Waals surface area contributed by atoms with Crippen LogP contribution in [-0.4, -0.2) is 21.9 Å². The van der Waals surface area contributed by atoms with E-state index in [1.807, 2.05) is 12.3 Å². The molecule has 18 heavy (non-hydrogen) atoms. The summed E-state index contributed by atoms with van der Waals surface area (Å²) in [5.41, 5.74) is 3.56. The van der Waals surface area contributed by atoms with Crippen molar-refractivity contribution < 1.29 is 0 Å². The van der Waals surface area contributed by atoms with E-state index in [4.69, 9.17) is 0 Å². The van der Waals surface area contributed by atoms with Crippen molar-refractivity contribution in [2.75, 3.05) is 7.05 Å². The third-order valence-electron chi connectivity index (χ3n) is 2.95. The van der Waals surface area contributed by atoms with Gasteiger partial charge < -0.3 is 0 Å². The lowest BCUT2D eigenvalue weighted by molar-refractivity contribution is 0.316. The monoisotopic (exact) mass is 261 g/mol. The molecule has 0 atom stereocenters. The Bertz CT molecular complexity index is 534. The van der Waals surface area contributed by atoms with Gasteiger partial charge in [0.25, 0.3) is 0 Å². The van der Waals surface area contributed by atoms with E-state index in [1.54, 1.807) is 11.3 Å². The van der Waals surface area contributed by atoms with Gasteiger partial charge in [0.05, 0.1) is 16.4 Å². The lowest BCUT2D eigenvalue weighted by atomic mass is 10.2. The normalized spacial score (nSPS) is 11.2. The summed E-state index contributed by atoms with van der Waals surface area (Å²) in [7, 11) is 2.13. The average molecular weight is 261 g/mol. The van der Waals surface area contributed by atoms with E-state index in [2.05, 4.69) is 48.8 Å². The van der Waals surface area contributed by atoms with Crippen LogP contribution in [0, 0.1) is 20.8 Å². The van der Waals surface area contributed by atoms with E-state index >= 15 is 0 Å². The fourth-order valence-electron chi connectivity index (χ4n) is 1.96. The Morgan fingerprint density at radius 3 is 2.61 bits per heavy atom. The molecule has 0 aromatic carbocycles. The maximum absolute atomic E-state index is 4.46. The van der Waals surface area contributed by atoms with E-state index in [1.165, 1.54) is 10.4 Å². The van der Waals surface area contributed by atoms with Crippen LogP contribution in [0.3, 0.4) is 0 Å². The van der Waals surface area contributed by atoms with Crippen molar-refractivity contribution in [3.8, 4) is 0 Å². The van der Waals surface area contributed by atoms with E-state index in [0.29, 0.717) is 0 Å². The smallest absolute Gasteiger partial charge is 0.0900 e. The first-order valence-corrected chi connectivity index (χ1v) is 6.90. The minimum absolute atomic E-state index is 0.878. The zero-order valence-corrected chi connectivity index (χ0v) is 12.2. The first-order chi connectivity index (χ1) is 8.56. The predicted octanol–water partition coefficient (Wildman–Crippen LogP) is 3.10. The molecule has 0 saturated carbocycles. The van der Waals surface area contributed by atoms with E-state index < -0.39 is 0 Å². The number of hydrogen-bond acceptors (Lipinski definition) is 4. The zero-order valence-electron chi connectivity index (χ0n) is 11.4. The van der Waals surface area contributed by atoms with Crippen LogP contribution in [0.2, 0.25) is 0 Å². The van der Waals surface area contributed by atoms with Gasteiger partial charge in [0.2, 0.25) is 0 Å². The molecule has 0 N–H and O–H groups in total. The van der Waals surface area contributed by atoms with Crippen LogP contribution >= 0.6 is 11.3 Å². The number of thiazole rings is 1. The highest BCUT2D eigenvalue weighted by molar-refractivity contribution is 7.11. The molecule has 3 nitrogen and oxygen atoms in total. The van der Waals surface area contributed by atoms with Crippen LogP contribution in [0.4, 0.5) is 0 Å². The third kappa shape index (κ3) is 3.15. The van der Waals surface area contributed by atoms with Gasteiger partial charge in [-0.2, -0.15) is 0 Å². The van der Waals surface area contributed by atoms with Gasteiger partial charge in [0.15, 0.2) is 0 Å². The first kappa shape index (κ1) is 13.2. The zero-order chi connectivity index (χ0) is 13.1. The number of rotatable bonds is 4. The Morgan fingerprint density at radius 1 is 1.22 bits per heavy atom. The van der Waals surface area contributed by atoms with Gasteiger partial charge in [-0.15, -0.1) is 11.3 Å². The van der Waals surface area contributed by atoms with Crippen molar-refractivity contribution in [2.45, 2.75) is 33.9 Å². The van der Waals surface area contributed by atoms with Gasteiger partial charge in [0.1, 0.15) is 0 Å². The molecule has 0 aliphatic heterocycles. The fraction of sp³-hybridized carbons (Fsp3) is 0.429. The summed E-state index contributed by atoms with van der Waals surface area (Å²) in [6, 6.07) is 4.09. The number of nitrogens with zero attached hydrogens (tertiary/aromatic N) is 3. The van der Waals surface area contributed by atoms with Crippen LogP contribution in [0.5, 0.6) is 0 Å². The van der Waals surface area contributed by atoms with Gasteiger partial charge in [-0.25, -0.2) is 4.98 Å². The molecule has 0 spiro atoms. The lowest BCUT2D eigenvalue weighted by Gasteiger charge is -2.16. The van der Waals surface area contributed by atoms with Crippen molar-refractivity contribution in [1.82, 2.24) is 14.9 Å². The molecule has 2 rings (SSSR count). The highest BCUT2D eigenvalue weighted by atomic mass is 32.1. The molecule has 2 aromatic heterocycles. The Hall–Kier alpha value is -1.26. The van der Waals surface area contributed by atoms with Crippen molar-refractivity contribution >= 4 is 11.3 Å². The summed E-state index contributed by atoms with van der Waals surface area (Å²) >= 11 is 1.78. The molecule has 0 radical (unpaired) electrons. The molecule has 0 amide bonds. The Balaban J connectivity index is 2.03. The lowest BCUT2D eigenvalue weighted by Crippen LogP contribution is -2.18. The average Bonchev–Trinajstić information content (AvgIpc) is 2.61. The molecule has 2 aromatic rings. The van der Waals surface area contributed by atoms with E-state index in [-0.39, 0.29) is 0 Å². The first-order valence-electron chi connectivity index (χ1n) is 6.08. The van der Waals surface area contributed by atoms with Gasteiger partial charge in [-0.3, -0.25) is 9.88 Å². The maximum Gasteiger partial charge on any atom is 0.0900 e. The summed E-state index contributed by atoms with van der Waals surface area (Å²) < 4.78 is 0. The minimum atomic E-state index is 0.878. The molecule has 0 fully saturated rings. The van der Waals surface area contributed by atoms with Crippen LogP contribution in [0.25, 0.3) is 0 Å². The Kier molecular flexibility index (Phi) is 4.09. The molecule has 4 heteroatoms. The van der Waals surface area contributed by atoms with Crippen molar-refractivity contribution in [1.29, 1.82) is 0 Å². The second-order valence-electron chi connectivity index (χ2n) is 4.68. The highest BCUT2D eigenvalue weighted by Crippen LogP contribution is 2.19. The highest BCUT2D eigenvalue weighted by Gasteiger charge is 2.09. The summed E-state index contributed by atoms with van der Waals surface area (Å²) in [5.74, 6) is 0. The molecule has 0 aliphatic carbocycles. The SMILES string of the molecule is Cc1nc(C)c(CN(C)Cc2ncccc2C)s1. The number of aromatic nitrogens is 2. The largest absolute Gasteiger partial charge is 0.295 e. The van der Waals surface area contributed by atoms with Crippen molar-refractivity contribution in [3.63, 3.8) is 0 Å². The van der Waals surface area contributed by atoms with Crippen LogP contribution in [0.15, 0.2) is 18.3 Å². The minimum Gasteiger partial charge on any atom is -0.295 e. The number of aryl methyl sites for hydroxylation is 3. The van der Waals surface area contributed by atoms with Crippen molar-refractivity contribution in [3.05, 3.63) is 45.2 Å². The number of pyridine rings is 1. The van der Waals surface area contributed by atoms with Gasteiger partial charge in [-0.05, 0) is 39.4 Å². The van der Waals surface area contributed by atoms with Gasteiger partial charge >= 0.3 is 0 Å². The summed E-state index contributed by atoms with van der Waals surface area (Å²) in [6.45, 7) is 8.07. The van der Waals surface area contributed by atoms with Crippen molar-refractivity contribution in [2.24, 2.45) is 0 Å². The maximum atomic E-state index is 4.46. The van der Waals surface area contributed by atoms with Crippen LogP contribution in [-0.2, 0) is 13.1 Å². The standard InChI is InChI=1S/C14H19N3S/c1-10-6-5-7-15-13(10)8-17(4)9-14-11(2)16-12(3)18-14/h5-7H,8-9H2,1-4H3. The molecule has 0 saturated heterocycles. The second-order valence-corrected chi connectivity index (χ2v) is 5.97. The van der Waals surface area contributed by atoms with Crippen LogP contribution < -0.4 is 0 Å². The molecular formula is C14H19N3S. The third-order valence-corrected chi connectivity index (χ3v) is 4.01. The van der Waals surface area contributed by atoms with E-state index in [0.717, 1.165) is 29.5 Å². The summed E-state index contributed by atoms with van der Waals surface area (Å²) in [4.78, 5) is 12.5. The summed E-state index contributed by atoms with van der Waals surface area (Å²) in [5, 5.41) is 1.14. The molecular weight excluding hydrogens is 242 g/mol. The van der Waals surface area contributed by atoms with Gasteiger partial charge in [0, 0.05) is 24.2 Å². The van der Waals surface area contributed by atoms with Crippen LogP contribution in [0.1, 0.15) is 26.8 Å². The van der Waals surface area contributed by atoms with Gasteiger partial charge in [-0.1, -0.05) is 6.07 Å².